The Bertz CT molecular complexity index is 1060. The number of ketones is 1. The predicted molar refractivity (Wildman–Crippen MR) is 108 cm³/mol. The Hall–Kier alpha value is -3.54. The lowest BCUT2D eigenvalue weighted by atomic mass is 9.85. The molecule has 2 aliphatic carbocycles. The van der Waals surface area contributed by atoms with Crippen molar-refractivity contribution in [2.24, 2.45) is 23.7 Å². The number of Topliss-reactive ketones (excluding diaryl/α,β-unsaturated/α-hetero) is 1. The first-order valence-electron chi connectivity index (χ1n) is 9.96. The smallest absolute Gasteiger partial charge is 0.338 e. The molecule has 2 fully saturated rings. The summed E-state index contributed by atoms with van der Waals surface area (Å²) in [4.78, 5) is 51.7. The molecule has 3 aliphatic rings. The molecule has 1 saturated carbocycles. The molecule has 1 saturated heterocycles. The Morgan fingerprint density at radius 2 is 1.50 bits per heavy atom. The van der Waals surface area contributed by atoms with Crippen molar-refractivity contribution in [3.8, 4) is 0 Å². The summed E-state index contributed by atoms with van der Waals surface area (Å²) in [5.41, 5.74) is 1.01. The van der Waals surface area contributed by atoms with Crippen LogP contribution in [0, 0.1) is 23.7 Å². The van der Waals surface area contributed by atoms with Crippen molar-refractivity contribution < 1.29 is 23.9 Å². The Kier molecular flexibility index (Phi) is 4.35. The van der Waals surface area contributed by atoms with Crippen molar-refractivity contribution >= 4 is 29.3 Å². The summed E-state index contributed by atoms with van der Waals surface area (Å²) in [5.74, 6) is -1.74. The number of anilines is 1. The summed E-state index contributed by atoms with van der Waals surface area (Å²) in [6.45, 7) is -0.381. The zero-order valence-electron chi connectivity index (χ0n) is 16.1. The lowest BCUT2D eigenvalue weighted by molar-refractivity contribution is -0.123. The van der Waals surface area contributed by atoms with E-state index >= 15 is 0 Å². The van der Waals surface area contributed by atoms with Gasteiger partial charge < -0.3 is 4.74 Å². The molecule has 0 spiro atoms. The zero-order chi connectivity index (χ0) is 20.8. The second kappa shape index (κ2) is 7.06. The first kappa shape index (κ1) is 18.5. The maximum absolute atomic E-state index is 13.0. The number of amides is 2. The van der Waals surface area contributed by atoms with E-state index in [-0.39, 0.29) is 53.4 Å². The summed E-state index contributed by atoms with van der Waals surface area (Å²) < 4.78 is 5.15. The molecule has 2 aromatic carbocycles. The van der Waals surface area contributed by atoms with Gasteiger partial charge >= 0.3 is 5.97 Å². The number of allylic oxidation sites excluding steroid dienone is 2. The van der Waals surface area contributed by atoms with Crippen molar-refractivity contribution in [1.29, 1.82) is 0 Å². The lowest BCUT2D eigenvalue weighted by Gasteiger charge is -2.18. The molecule has 2 bridgehead atoms. The van der Waals surface area contributed by atoms with Gasteiger partial charge in [-0.1, -0.05) is 48.6 Å². The van der Waals surface area contributed by atoms with E-state index in [1.165, 1.54) is 17.0 Å². The number of rotatable bonds is 5. The maximum atomic E-state index is 13.0. The molecule has 0 unspecified atom stereocenters. The minimum atomic E-state index is -0.679. The van der Waals surface area contributed by atoms with E-state index in [4.69, 9.17) is 4.74 Å². The number of fused-ring (bicyclic) bond motifs is 5. The van der Waals surface area contributed by atoms with Gasteiger partial charge in [0.05, 0.1) is 23.1 Å². The average Bonchev–Trinajstić information content (AvgIpc) is 3.46. The van der Waals surface area contributed by atoms with E-state index in [0.29, 0.717) is 11.3 Å². The third-order valence-corrected chi connectivity index (χ3v) is 6.24. The third-order valence-electron chi connectivity index (χ3n) is 6.24. The van der Waals surface area contributed by atoms with Gasteiger partial charge in [0.1, 0.15) is 0 Å². The fraction of sp³-hybridized carbons (Fsp3) is 0.250. The van der Waals surface area contributed by atoms with Crippen LogP contribution in [0.5, 0.6) is 0 Å². The maximum Gasteiger partial charge on any atom is 0.338 e. The van der Waals surface area contributed by atoms with E-state index < -0.39 is 5.97 Å². The number of carbonyl (C=O) groups excluding carboxylic acids is 4. The first-order chi connectivity index (χ1) is 14.5. The van der Waals surface area contributed by atoms with Crippen molar-refractivity contribution in [2.75, 3.05) is 11.5 Å². The highest BCUT2D eigenvalue weighted by molar-refractivity contribution is 6.23. The topological polar surface area (TPSA) is 80.8 Å². The van der Waals surface area contributed by atoms with Crippen LogP contribution >= 0.6 is 0 Å². The molecule has 0 radical (unpaired) electrons. The van der Waals surface area contributed by atoms with Crippen LogP contribution in [0.1, 0.15) is 27.1 Å². The second-order valence-electron chi connectivity index (χ2n) is 7.93. The molecule has 150 valence electrons. The number of nitrogens with zero attached hydrogens (tertiary/aromatic N) is 1. The van der Waals surface area contributed by atoms with Crippen LogP contribution < -0.4 is 4.90 Å². The minimum absolute atomic E-state index is 0.124. The number of ether oxygens (including phenoxy) is 1. The van der Waals surface area contributed by atoms with Crippen molar-refractivity contribution in [3.63, 3.8) is 0 Å². The number of esters is 1. The average molecular weight is 401 g/mol. The van der Waals surface area contributed by atoms with Crippen molar-refractivity contribution in [2.45, 2.75) is 6.42 Å². The molecule has 0 aromatic heterocycles. The molecule has 5 rings (SSSR count). The molecule has 6 nitrogen and oxygen atoms in total. The summed E-state index contributed by atoms with van der Waals surface area (Å²) in [7, 11) is 0. The monoisotopic (exact) mass is 401 g/mol. The quantitative estimate of drug-likeness (QED) is 0.333. The molecule has 0 N–H and O–H groups in total. The fourth-order valence-electron chi connectivity index (χ4n) is 4.85. The van der Waals surface area contributed by atoms with Crippen LogP contribution in [0.3, 0.4) is 0 Å². The second-order valence-corrected chi connectivity index (χ2v) is 7.93. The van der Waals surface area contributed by atoms with Gasteiger partial charge in [0.2, 0.25) is 11.8 Å². The third kappa shape index (κ3) is 2.87. The van der Waals surface area contributed by atoms with Crippen LogP contribution in [-0.2, 0) is 14.3 Å². The van der Waals surface area contributed by atoms with Gasteiger partial charge in [-0.05, 0) is 36.5 Å². The number of imide groups is 1. The Labute approximate surface area is 173 Å². The van der Waals surface area contributed by atoms with Crippen LogP contribution in [0.15, 0.2) is 66.7 Å². The van der Waals surface area contributed by atoms with E-state index in [1.807, 2.05) is 12.2 Å². The van der Waals surface area contributed by atoms with Gasteiger partial charge in [-0.2, -0.15) is 0 Å². The highest BCUT2D eigenvalue weighted by Gasteiger charge is 2.59. The lowest BCUT2D eigenvalue weighted by Crippen LogP contribution is -2.33. The molecule has 2 aromatic rings. The first-order valence-corrected chi connectivity index (χ1v) is 9.96. The van der Waals surface area contributed by atoms with E-state index in [2.05, 4.69) is 0 Å². The molecule has 30 heavy (non-hydrogen) atoms. The number of hydrogen-bond donors (Lipinski definition) is 0. The SMILES string of the molecule is O=C(COC(=O)c1cccc(N2C(=O)[C@H]3[C@H](C2=O)[C@H]2C=C[C@H]3C2)c1)c1ccccc1. The summed E-state index contributed by atoms with van der Waals surface area (Å²) in [5, 5.41) is 0. The van der Waals surface area contributed by atoms with E-state index in [1.54, 1.807) is 42.5 Å². The normalized spacial score (nSPS) is 26.2. The number of carbonyl (C=O) groups is 4. The van der Waals surface area contributed by atoms with E-state index in [0.717, 1.165) is 6.42 Å². The molecular weight excluding hydrogens is 382 g/mol. The van der Waals surface area contributed by atoms with Gasteiger partial charge in [-0.15, -0.1) is 0 Å². The highest BCUT2D eigenvalue weighted by atomic mass is 16.5. The highest BCUT2D eigenvalue weighted by Crippen LogP contribution is 2.53. The largest absolute Gasteiger partial charge is 0.454 e. The fourth-order valence-corrected chi connectivity index (χ4v) is 4.85. The van der Waals surface area contributed by atoms with Gasteiger partial charge in [-0.25, -0.2) is 9.69 Å². The summed E-state index contributed by atoms with van der Waals surface area (Å²) in [6.07, 6.45) is 4.94. The van der Waals surface area contributed by atoms with Gasteiger partial charge in [0.15, 0.2) is 12.4 Å². The van der Waals surface area contributed by atoms with Crippen LogP contribution in [0.4, 0.5) is 5.69 Å². The molecule has 4 atom stereocenters. The van der Waals surface area contributed by atoms with Gasteiger partial charge in [-0.3, -0.25) is 14.4 Å². The standard InChI is InChI=1S/C24H19NO5/c26-19(14-5-2-1-3-6-14)13-30-24(29)17-7-4-8-18(12-17)25-22(27)20-15-9-10-16(11-15)21(20)23(25)28/h1-10,12,15-16,20-21H,11,13H2/t15-,16-,20+,21+/m0/s1. The van der Waals surface area contributed by atoms with Crippen molar-refractivity contribution in [1.82, 2.24) is 0 Å². The summed E-state index contributed by atoms with van der Waals surface area (Å²) in [6, 6.07) is 14.8. The summed E-state index contributed by atoms with van der Waals surface area (Å²) >= 11 is 0. The van der Waals surface area contributed by atoms with Crippen LogP contribution in [0.2, 0.25) is 0 Å². The predicted octanol–water partition coefficient (Wildman–Crippen LogP) is 3.04. The molecule has 1 aliphatic heterocycles. The molecular formula is C24H19NO5. The van der Waals surface area contributed by atoms with E-state index in [9.17, 15) is 19.2 Å². The number of hydrogen-bond acceptors (Lipinski definition) is 5. The number of benzene rings is 2. The van der Waals surface area contributed by atoms with Gasteiger partial charge in [0, 0.05) is 5.56 Å². The minimum Gasteiger partial charge on any atom is -0.454 e. The Balaban J connectivity index is 1.31. The molecule has 1 heterocycles. The van der Waals surface area contributed by atoms with Crippen LogP contribution in [0.25, 0.3) is 0 Å². The van der Waals surface area contributed by atoms with Crippen LogP contribution in [-0.4, -0.2) is 30.2 Å². The Morgan fingerprint density at radius 1 is 0.867 bits per heavy atom. The molecule has 6 heteroatoms. The van der Waals surface area contributed by atoms with Gasteiger partial charge in [0.25, 0.3) is 0 Å². The molecule has 2 amide bonds. The zero-order valence-corrected chi connectivity index (χ0v) is 16.1. The van der Waals surface area contributed by atoms with Crippen molar-refractivity contribution in [3.05, 3.63) is 77.9 Å². The Morgan fingerprint density at radius 3 is 2.17 bits per heavy atom.